The minimum atomic E-state index is -2.56. The highest BCUT2D eigenvalue weighted by molar-refractivity contribution is 7.99. The predicted molar refractivity (Wildman–Crippen MR) is 142 cm³/mol. The maximum absolute atomic E-state index is 12.6. The summed E-state index contributed by atoms with van der Waals surface area (Å²) in [5.41, 5.74) is 2.93. The number of anilines is 1. The van der Waals surface area contributed by atoms with Crippen LogP contribution in [0.2, 0.25) is 0 Å². The monoisotopic (exact) mass is 534 g/mol. The van der Waals surface area contributed by atoms with Crippen LogP contribution in [-0.4, -0.2) is 51.7 Å². The second kappa shape index (κ2) is 11.1. The smallest absolute Gasteiger partial charge is 0.288 e. The number of hydrogen-bond acceptors (Lipinski definition) is 7. The summed E-state index contributed by atoms with van der Waals surface area (Å²) in [5, 5.41) is 6.52. The number of rotatable bonds is 7. The van der Waals surface area contributed by atoms with Crippen LogP contribution in [0.15, 0.2) is 71.8 Å². The highest BCUT2D eigenvalue weighted by Crippen LogP contribution is 2.26. The minimum absolute atomic E-state index is 0.0346. The van der Waals surface area contributed by atoms with E-state index in [2.05, 4.69) is 15.6 Å². The lowest BCUT2D eigenvalue weighted by atomic mass is 10.1. The number of nitrogens with one attached hydrogen (secondary N) is 2. The summed E-state index contributed by atoms with van der Waals surface area (Å²) < 4.78 is 25.3. The molecule has 0 bridgehead atoms. The molecule has 1 aliphatic heterocycles. The van der Waals surface area contributed by atoms with Crippen molar-refractivity contribution in [2.45, 2.75) is 30.2 Å². The first-order valence-electron chi connectivity index (χ1n) is 11.9. The SMILES string of the molecule is CC1CN(c2cccc(-c3ccc4cnc(CNC(=O)c5cccc(SC(F)F)c5)cc4n3)n2)CC(=O)N1. The summed E-state index contributed by atoms with van der Waals surface area (Å²) in [6.45, 7) is 3.03. The van der Waals surface area contributed by atoms with Crippen molar-refractivity contribution < 1.29 is 18.4 Å². The number of aromatic nitrogens is 3. The van der Waals surface area contributed by atoms with E-state index < -0.39 is 5.76 Å². The molecule has 1 aliphatic rings. The van der Waals surface area contributed by atoms with Crippen LogP contribution in [0.4, 0.5) is 14.6 Å². The van der Waals surface area contributed by atoms with Crippen LogP contribution in [0, 0.1) is 0 Å². The van der Waals surface area contributed by atoms with E-state index in [1.54, 1.807) is 24.4 Å². The third kappa shape index (κ3) is 6.05. The number of hydrogen-bond donors (Lipinski definition) is 2. The molecule has 0 aliphatic carbocycles. The van der Waals surface area contributed by atoms with Crippen LogP contribution >= 0.6 is 11.8 Å². The molecule has 194 valence electrons. The average Bonchev–Trinajstić information content (AvgIpc) is 2.90. The van der Waals surface area contributed by atoms with Crippen molar-refractivity contribution in [3.8, 4) is 11.4 Å². The van der Waals surface area contributed by atoms with Crippen LogP contribution in [0.25, 0.3) is 22.3 Å². The van der Waals surface area contributed by atoms with Gasteiger partial charge < -0.3 is 15.5 Å². The number of nitrogens with zero attached hydrogens (tertiary/aromatic N) is 4. The fourth-order valence-corrected chi connectivity index (χ4v) is 4.79. The molecule has 8 nitrogen and oxygen atoms in total. The molecular formula is C27H24F2N6O2S. The van der Waals surface area contributed by atoms with E-state index in [0.717, 1.165) is 5.39 Å². The van der Waals surface area contributed by atoms with E-state index in [0.29, 0.717) is 57.2 Å². The number of thioether (sulfide) groups is 1. The molecule has 2 amide bonds. The van der Waals surface area contributed by atoms with Crippen molar-refractivity contribution in [3.05, 3.63) is 78.1 Å². The van der Waals surface area contributed by atoms with Gasteiger partial charge in [0.15, 0.2) is 0 Å². The van der Waals surface area contributed by atoms with E-state index in [4.69, 9.17) is 9.97 Å². The van der Waals surface area contributed by atoms with E-state index in [-0.39, 0.29) is 30.9 Å². The maximum Gasteiger partial charge on any atom is 0.288 e. The highest BCUT2D eigenvalue weighted by atomic mass is 32.2. The van der Waals surface area contributed by atoms with Crippen LogP contribution in [0.5, 0.6) is 0 Å². The zero-order valence-corrected chi connectivity index (χ0v) is 21.2. The number of halogens is 2. The Labute approximate surface area is 221 Å². The topological polar surface area (TPSA) is 100 Å². The number of alkyl halides is 2. The Kier molecular flexibility index (Phi) is 7.45. The van der Waals surface area contributed by atoms with Gasteiger partial charge >= 0.3 is 0 Å². The summed E-state index contributed by atoms with van der Waals surface area (Å²) in [6, 6.07) is 17.4. The van der Waals surface area contributed by atoms with Gasteiger partial charge in [-0.1, -0.05) is 23.9 Å². The van der Waals surface area contributed by atoms with Gasteiger partial charge in [0, 0.05) is 34.6 Å². The van der Waals surface area contributed by atoms with E-state index in [1.807, 2.05) is 42.2 Å². The standard InChI is InChI=1S/C27H24F2N6O2S/c1-16-14-35(15-25(36)32-16)24-7-3-6-21(34-24)22-9-8-18-12-30-19(11-23(18)33-22)13-31-26(37)17-4-2-5-20(10-17)38-27(28)29/h2-12,16,27H,13-15H2,1H3,(H,31,37)(H,32,36). The lowest BCUT2D eigenvalue weighted by Gasteiger charge is -2.32. The van der Waals surface area contributed by atoms with Gasteiger partial charge in [-0.15, -0.1) is 0 Å². The molecule has 4 aromatic rings. The third-order valence-corrected chi connectivity index (χ3v) is 6.64. The molecule has 11 heteroatoms. The second-order valence-electron chi connectivity index (χ2n) is 8.88. The molecule has 38 heavy (non-hydrogen) atoms. The summed E-state index contributed by atoms with van der Waals surface area (Å²) in [7, 11) is 0. The van der Waals surface area contributed by atoms with Gasteiger partial charge in [0.2, 0.25) is 5.91 Å². The van der Waals surface area contributed by atoms with Crippen molar-refractivity contribution >= 4 is 40.3 Å². The largest absolute Gasteiger partial charge is 0.350 e. The lowest BCUT2D eigenvalue weighted by molar-refractivity contribution is -0.121. The number of benzene rings is 1. The van der Waals surface area contributed by atoms with Gasteiger partial charge in [-0.25, -0.2) is 9.97 Å². The van der Waals surface area contributed by atoms with Crippen molar-refractivity contribution in [2.75, 3.05) is 18.0 Å². The second-order valence-corrected chi connectivity index (χ2v) is 9.95. The first-order valence-corrected chi connectivity index (χ1v) is 12.8. The lowest BCUT2D eigenvalue weighted by Crippen LogP contribution is -2.53. The van der Waals surface area contributed by atoms with E-state index >= 15 is 0 Å². The number of amides is 2. The van der Waals surface area contributed by atoms with Gasteiger partial charge in [-0.2, -0.15) is 8.78 Å². The Morgan fingerprint density at radius 3 is 2.76 bits per heavy atom. The Morgan fingerprint density at radius 1 is 1.13 bits per heavy atom. The van der Waals surface area contributed by atoms with Crippen LogP contribution in [-0.2, 0) is 11.3 Å². The Bertz CT molecular complexity index is 1500. The maximum atomic E-state index is 12.6. The number of pyridine rings is 3. The molecule has 1 saturated heterocycles. The molecule has 0 spiro atoms. The number of fused-ring (bicyclic) bond motifs is 1. The quantitative estimate of drug-likeness (QED) is 0.342. The molecule has 1 aromatic carbocycles. The first kappa shape index (κ1) is 25.5. The van der Waals surface area contributed by atoms with Gasteiger partial charge in [0.25, 0.3) is 11.7 Å². The van der Waals surface area contributed by atoms with Crippen LogP contribution < -0.4 is 15.5 Å². The van der Waals surface area contributed by atoms with Crippen molar-refractivity contribution in [3.63, 3.8) is 0 Å². The molecular weight excluding hydrogens is 510 g/mol. The summed E-state index contributed by atoms with van der Waals surface area (Å²) in [5.74, 6) is -2.26. The Morgan fingerprint density at radius 2 is 1.95 bits per heavy atom. The molecule has 4 heterocycles. The molecule has 0 radical (unpaired) electrons. The van der Waals surface area contributed by atoms with Gasteiger partial charge in [0.05, 0.1) is 35.7 Å². The number of piperazine rings is 1. The molecule has 1 fully saturated rings. The Hall–Kier alpha value is -4.12. The number of carbonyl (C=O) groups excluding carboxylic acids is 2. The van der Waals surface area contributed by atoms with Crippen molar-refractivity contribution in [1.82, 2.24) is 25.6 Å². The molecule has 0 saturated carbocycles. The van der Waals surface area contributed by atoms with Gasteiger partial charge in [-0.05, 0) is 55.5 Å². The van der Waals surface area contributed by atoms with Crippen molar-refractivity contribution in [1.29, 1.82) is 0 Å². The number of carbonyl (C=O) groups is 2. The molecule has 1 atom stereocenters. The van der Waals surface area contributed by atoms with Gasteiger partial charge in [0.1, 0.15) is 5.82 Å². The summed E-state index contributed by atoms with van der Waals surface area (Å²) in [4.78, 5) is 40.7. The third-order valence-electron chi connectivity index (χ3n) is 5.94. The van der Waals surface area contributed by atoms with Crippen LogP contribution in [0.1, 0.15) is 23.0 Å². The van der Waals surface area contributed by atoms with Crippen LogP contribution in [0.3, 0.4) is 0 Å². The average molecular weight is 535 g/mol. The fourth-order valence-electron chi connectivity index (χ4n) is 4.23. The molecule has 1 unspecified atom stereocenters. The Balaban J connectivity index is 1.32. The summed E-state index contributed by atoms with van der Waals surface area (Å²) >= 11 is 0.395. The van der Waals surface area contributed by atoms with E-state index in [1.165, 1.54) is 12.1 Å². The fraction of sp³-hybridized carbons (Fsp3) is 0.222. The molecule has 5 rings (SSSR count). The summed E-state index contributed by atoms with van der Waals surface area (Å²) in [6.07, 6.45) is 1.69. The highest BCUT2D eigenvalue weighted by Gasteiger charge is 2.22. The first-order chi connectivity index (χ1) is 18.3. The zero-order chi connectivity index (χ0) is 26.6. The molecule has 3 aromatic heterocycles. The minimum Gasteiger partial charge on any atom is -0.350 e. The predicted octanol–water partition coefficient (Wildman–Crippen LogP) is 4.26. The molecule has 2 N–H and O–H groups in total. The van der Waals surface area contributed by atoms with E-state index in [9.17, 15) is 18.4 Å². The zero-order valence-electron chi connectivity index (χ0n) is 20.4. The normalized spacial score (nSPS) is 15.5. The van der Waals surface area contributed by atoms with Crippen molar-refractivity contribution in [2.24, 2.45) is 0 Å². The van der Waals surface area contributed by atoms with Gasteiger partial charge in [-0.3, -0.25) is 14.6 Å².